The molecule has 0 heterocycles. The van der Waals surface area contributed by atoms with E-state index in [-0.39, 0.29) is 0 Å². The van der Waals surface area contributed by atoms with Crippen molar-refractivity contribution in [2.45, 2.75) is 32.2 Å². The minimum absolute atomic E-state index is 0.304. The molecule has 2 aromatic carbocycles. The lowest BCUT2D eigenvalue weighted by Crippen LogP contribution is -2.35. The van der Waals surface area contributed by atoms with Crippen LogP contribution in [-0.2, 0) is 23.1 Å². The lowest BCUT2D eigenvalue weighted by molar-refractivity contribution is 0.396. The molecule has 0 fully saturated rings. The van der Waals surface area contributed by atoms with Gasteiger partial charge in [-0.05, 0) is 37.1 Å². The number of methoxy groups -OCH3 is 1. The monoisotopic (exact) mass is 359 g/mol. The van der Waals surface area contributed by atoms with Crippen molar-refractivity contribution < 1.29 is 13.2 Å². The largest absolute Gasteiger partial charge is 0.497 e. The van der Waals surface area contributed by atoms with Crippen molar-refractivity contribution in [3.8, 4) is 5.75 Å². The average Bonchev–Trinajstić information content (AvgIpc) is 2.62. The third kappa shape index (κ3) is 4.94. The fourth-order valence-corrected chi connectivity index (χ4v) is 3.80. The summed E-state index contributed by atoms with van der Waals surface area (Å²) >= 11 is 0. The summed E-state index contributed by atoms with van der Waals surface area (Å²) in [6.07, 6.45) is 1.46. The second kappa shape index (κ2) is 8.32. The first-order valence-electron chi connectivity index (χ1n) is 8.17. The van der Waals surface area contributed by atoms with Crippen LogP contribution in [0.1, 0.15) is 23.6 Å². The maximum atomic E-state index is 12.9. The molecule has 0 aromatic heterocycles. The number of rotatable bonds is 8. The molecule has 2 aromatic rings. The fraction of sp³-hybridized carbons (Fsp3) is 0.300. The summed E-state index contributed by atoms with van der Waals surface area (Å²) < 4.78 is 32.4. The number of aryl methyl sites for hydroxylation is 1. The molecule has 0 unspecified atom stereocenters. The first-order valence-corrected chi connectivity index (χ1v) is 9.67. The van der Waals surface area contributed by atoms with Gasteiger partial charge in [-0.3, -0.25) is 0 Å². The Balaban J connectivity index is 2.30. The molecule has 0 aliphatic rings. The van der Waals surface area contributed by atoms with Crippen molar-refractivity contribution in [3.63, 3.8) is 0 Å². The number of ether oxygens (including phenoxy) is 1. The Kier molecular flexibility index (Phi) is 6.39. The van der Waals surface area contributed by atoms with E-state index < -0.39 is 15.3 Å². The van der Waals surface area contributed by atoms with Crippen LogP contribution < -0.4 is 4.74 Å². The number of hydrogen-bond donors (Lipinski definition) is 0. The zero-order chi connectivity index (χ0) is 18.4. The van der Waals surface area contributed by atoms with Gasteiger partial charge in [0.25, 0.3) is 0 Å². The van der Waals surface area contributed by atoms with Crippen LogP contribution in [0.2, 0.25) is 0 Å². The van der Waals surface area contributed by atoms with E-state index in [1.807, 2.05) is 55.5 Å². The molecule has 0 bridgehead atoms. The Morgan fingerprint density at radius 3 is 1.96 bits per heavy atom. The van der Waals surface area contributed by atoms with E-state index in [1.165, 1.54) is 10.4 Å². The van der Waals surface area contributed by atoms with Crippen LogP contribution in [0.15, 0.2) is 61.2 Å². The molecule has 0 aliphatic carbocycles. The molecule has 0 amide bonds. The van der Waals surface area contributed by atoms with Gasteiger partial charge in [-0.1, -0.05) is 48.0 Å². The van der Waals surface area contributed by atoms with Gasteiger partial charge in [0.1, 0.15) is 5.75 Å². The van der Waals surface area contributed by atoms with Crippen molar-refractivity contribution in [1.82, 2.24) is 4.31 Å². The number of nitrogens with zero attached hydrogens (tertiary/aromatic N) is 1. The maximum absolute atomic E-state index is 12.9. The third-order valence-electron chi connectivity index (χ3n) is 4.16. The van der Waals surface area contributed by atoms with Crippen molar-refractivity contribution >= 4 is 10.0 Å². The molecule has 0 aliphatic heterocycles. The van der Waals surface area contributed by atoms with Crippen LogP contribution in [0.5, 0.6) is 5.75 Å². The van der Waals surface area contributed by atoms with Gasteiger partial charge in [0.15, 0.2) is 0 Å². The fourth-order valence-electron chi connectivity index (χ4n) is 2.42. The van der Waals surface area contributed by atoms with E-state index in [2.05, 4.69) is 6.58 Å². The van der Waals surface area contributed by atoms with E-state index in [4.69, 9.17) is 4.74 Å². The summed E-state index contributed by atoms with van der Waals surface area (Å²) in [5.74, 6) is 0.746. The molecule has 2 rings (SSSR count). The normalized spacial score (nSPS) is 12.8. The standard InChI is InChI=1S/C20H25NO3S/c1-5-17(3)25(22,23)21(14-18-8-6-16(2)7-9-18)15-19-10-12-20(24-4)13-11-19/h5-13,17H,1,14-15H2,2-4H3/t17-/m1/s1. The highest BCUT2D eigenvalue weighted by Gasteiger charge is 2.27. The summed E-state index contributed by atoms with van der Waals surface area (Å²) in [4.78, 5) is 0. The molecular weight excluding hydrogens is 334 g/mol. The highest BCUT2D eigenvalue weighted by atomic mass is 32.2. The molecule has 134 valence electrons. The van der Waals surface area contributed by atoms with Crippen LogP contribution >= 0.6 is 0 Å². The number of benzene rings is 2. The number of sulfonamides is 1. The van der Waals surface area contributed by atoms with Crippen LogP contribution in [0.4, 0.5) is 0 Å². The molecular formula is C20H25NO3S. The van der Waals surface area contributed by atoms with Gasteiger partial charge in [-0.25, -0.2) is 8.42 Å². The Labute approximate surface area is 150 Å². The summed E-state index contributed by atoms with van der Waals surface area (Å²) in [6.45, 7) is 7.93. The molecule has 0 N–H and O–H groups in total. The second-order valence-electron chi connectivity index (χ2n) is 6.09. The zero-order valence-electron chi connectivity index (χ0n) is 15.0. The lowest BCUT2D eigenvalue weighted by Gasteiger charge is -2.25. The van der Waals surface area contributed by atoms with Crippen molar-refractivity contribution in [2.24, 2.45) is 0 Å². The van der Waals surface area contributed by atoms with Crippen LogP contribution in [0.25, 0.3) is 0 Å². The minimum atomic E-state index is -3.49. The summed E-state index contributed by atoms with van der Waals surface area (Å²) in [5.41, 5.74) is 3.01. The Morgan fingerprint density at radius 1 is 1.04 bits per heavy atom. The molecule has 25 heavy (non-hydrogen) atoms. The molecule has 5 heteroatoms. The summed E-state index contributed by atoms with van der Waals surface area (Å²) in [6, 6.07) is 15.3. The van der Waals surface area contributed by atoms with Crippen molar-refractivity contribution in [1.29, 1.82) is 0 Å². The van der Waals surface area contributed by atoms with Gasteiger partial charge in [0, 0.05) is 13.1 Å². The average molecular weight is 359 g/mol. The van der Waals surface area contributed by atoms with Crippen molar-refractivity contribution in [2.75, 3.05) is 7.11 Å². The molecule has 0 spiro atoms. The quantitative estimate of drug-likeness (QED) is 0.671. The lowest BCUT2D eigenvalue weighted by atomic mass is 10.1. The third-order valence-corrected chi connectivity index (χ3v) is 6.27. The van der Waals surface area contributed by atoms with Gasteiger partial charge in [-0.15, -0.1) is 6.58 Å². The molecule has 0 radical (unpaired) electrons. The van der Waals surface area contributed by atoms with E-state index in [1.54, 1.807) is 14.0 Å². The predicted octanol–water partition coefficient (Wildman–Crippen LogP) is 3.91. The number of hydrogen-bond acceptors (Lipinski definition) is 3. The van der Waals surface area contributed by atoms with Gasteiger partial charge in [0.05, 0.1) is 12.4 Å². The van der Waals surface area contributed by atoms with Gasteiger partial charge in [0.2, 0.25) is 10.0 Å². The molecule has 0 saturated carbocycles. The van der Waals surface area contributed by atoms with Gasteiger partial charge < -0.3 is 4.74 Å². The van der Waals surface area contributed by atoms with E-state index >= 15 is 0 Å². The van der Waals surface area contributed by atoms with Crippen LogP contribution in [0.3, 0.4) is 0 Å². The SMILES string of the molecule is C=C[C@@H](C)S(=O)(=O)N(Cc1ccc(C)cc1)Cc1ccc(OC)cc1. The minimum Gasteiger partial charge on any atom is -0.497 e. The Bertz CT molecular complexity index is 796. The smallest absolute Gasteiger partial charge is 0.220 e. The highest BCUT2D eigenvalue weighted by molar-refractivity contribution is 7.89. The topological polar surface area (TPSA) is 46.6 Å². The van der Waals surface area contributed by atoms with Crippen molar-refractivity contribution in [3.05, 3.63) is 77.9 Å². The van der Waals surface area contributed by atoms with Gasteiger partial charge in [-0.2, -0.15) is 4.31 Å². The first-order chi connectivity index (χ1) is 11.9. The van der Waals surface area contributed by atoms with E-state index in [0.717, 1.165) is 22.4 Å². The predicted molar refractivity (Wildman–Crippen MR) is 102 cm³/mol. The van der Waals surface area contributed by atoms with E-state index in [0.29, 0.717) is 13.1 Å². The maximum Gasteiger partial charge on any atom is 0.220 e. The van der Waals surface area contributed by atoms with E-state index in [9.17, 15) is 8.42 Å². The Hall–Kier alpha value is -2.11. The zero-order valence-corrected chi connectivity index (χ0v) is 15.8. The van der Waals surface area contributed by atoms with Gasteiger partial charge >= 0.3 is 0 Å². The Morgan fingerprint density at radius 2 is 1.52 bits per heavy atom. The summed E-state index contributed by atoms with van der Waals surface area (Å²) in [7, 11) is -1.88. The van der Waals surface area contributed by atoms with Crippen LogP contribution in [0, 0.1) is 6.92 Å². The summed E-state index contributed by atoms with van der Waals surface area (Å²) in [5, 5.41) is -0.642. The highest BCUT2D eigenvalue weighted by Crippen LogP contribution is 2.20. The molecule has 1 atom stereocenters. The molecule has 4 nitrogen and oxygen atoms in total. The first kappa shape index (κ1) is 19.2. The van der Waals surface area contributed by atoms with Crippen LogP contribution in [-0.4, -0.2) is 25.1 Å². The molecule has 0 saturated heterocycles. The second-order valence-corrected chi connectivity index (χ2v) is 8.38.